The van der Waals surface area contributed by atoms with Gasteiger partial charge in [-0.05, 0) is 6.92 Å². The second-order valence-corrected chi connectivity index (χ2v) is 2.02. The molecule has 0 radical (unpaired) electrons. The monoisotopic (exact) mass is 169 g/mol. The van der Waals surface area contributed by atoms with Gasteiger partial charge in [-0.3, -0.25) is 0 Å². The first-order valence-corrected chi connectivity index (χ1v) is 3.69. The molecule has 0 rings (SSSR count). The van der Waals surface area contributed by atoms with E-state index in [4.69, 9.17) is 11.5 Å². The lowest BCUT2D eigenvalue weighted by Gasteiger charge is -2.01. The summed E-state index contributed by atoms with van der Waals surface area (Å²) in [4.78, 5) is 7.78. The van der Waals surface area contributed by atoms with Crippen molar-refractivity contribution in [3.63, 3.8) is 0 Å². The smallest absolute Gasteiger partial charge is 0.221 e. The van der Waals surface area contributed by atoms with E-state index in [1.165, 1.54) is 0 Å². The number of hydrogen-bond donors (Lipinski definition) is 3. The van der Waals surface area contributed by atoms with Crippen LogP contribution in [0.15, 0.2) is 22.6 Å². The highest BCUT2D eigenvalue weighted by atomic mass is 15.2. The van der Waals surface area contributed by atoms with E-state index in [9.17, 15) is 0 Å². The maximum atomic E-state index is 5.18. The predicted molar refractivity (Wildman–Crippen MR) is 52.0 cm³/mol. The summed E-state index contributed by atoms with van der Waals surface area (Å²) < 4.78 is 0. The molecule has 0 aromatic rings. The number of nitrogens with zero attached hydrogens (tertiary/aromatic N) is 2. The van der Waals surface area contributed by atoms with Gasteiger partial charge >= 0.3 is 0 Å². The van der Waals surface area contributed by atoms with Gasteiger partial charge in [0.1, 0.15) is 0 Å². The van der Waals surface area contributed by atoms with Gasteiger partial charge in [-0.15, -0.1) is 6.58 Å². The van der Waals surface area contributed by atoms with Gasteiger partial charge in [-0.1, -0.05) is 6.08 Å². The van der Waals surface area contributed by atoms with Crippen LogP contribution < -0.4 is 16.8 Å². The summed E-state index contributed by atoms with van der Waals surface area (Å²) in [5, 5.41) is 2.90. The first kappa shape index (κ1) is 10.5. The Hall–Kier alpha value is -1.52. The zero-order valence-corrected chi connectivity index (χ0v) is 7.25. The van der Waals surface area contributed by atoms with E-state index in [1.54, 1.807) is 6.08 Å². The van der Waals surface area contributed by atoms with Crippen molar-refractivity contribution in [1.82, 2.24) is 5.32 Å². The van der Waals surface area contributed by atoms with Crippen LogP contribution in [-0.2, 0) is 0 Å². The molecule has 0 aliphatic rings. The highest BCUT2D eigenvalue weighted by Crippen LogP contribution is 1.78. The van der Waals surface area contributed by atoms with Gasteiger partial charge in [-0.2, -0.15) is 4.99 Å². The van der Waals surface area contributed by atoms with Crippen molar-refractivity contribution in [2.75, 3.05) is 13.1 Å². The Bertz CT molecular complexity index is 190. The van der Waals surface area contributed by atoms with Crippen molar-refractivity contribution in [2.45, 2.75) is 6.92 Å². The molecule has 0 atom stereocenters. The predicted octanol–water partition coefficient (Wildman–Crippen LogP) is -0.589. The Morgan fingerprint density at radius 1 is 1.58 bits per heavy atom. The minimum Gasteiger partial charge on any atom is -0.370 e. The molecule has 0 aromatic carbocycles. The van der Waals surface area contributed by atoms with E-state index in [2.05, 4.69) is 21.9 Å². The highest BCUT2D eigenvalue weighted by molar-refractivity contribution is 5.93. The molecule has 5 heteroatoms. The molecule has 12 heavy (non-hydrogen) atoms. The summed E-state index contributed by atoms with van der Waals surface area (Å²) in [7, 11) is 0. The molecule has 0 saturated heterocycles. The summed E-state index contributed by atoms with van der Waals surface area (Å²) in [6, 6.07) is 0. The molecule has 0 unspecified atom stereocenters. The quantitative estimate of drug-likeness (QED) is 0.300. The number of rotatable bonds is 3. The van der Waals surface area contributed by atoms with Crippen molar-refractivity contribution >= 4 is 11.9 Å². The van der Waals surface area contributed by atoms with Crippen molar-refractivity contribution in [3.05, 3.63) is 12.7 Å². The van der Waals surface area contributed by atoms with Crippen LogP contribution in [0.2, 0.25) is 0 Å². The van der Waals surface area contributed by atoms with Gasteiger partial charge in [0.05, 0.1) is 6.54 Å². The number of aliphatic imine (C=N–C) groups is 2. The largest absolute Gasteiger partial charge is 0.370 e. The van der Waals surface area contributed by atoms with Crippen molar-refractivity contribution < 1.29 is 0 Å². The van der Waals surface area contributed by atoms with E-state index in [1.807, 2.05) is 6.92 Å². The summed E-state index contributed by atoms with van der Waals surface area (Å²) >= 11 is 0. The van der Waals surface area contributed by atoms with Crippen molar-refractivity contribution in [3.8, 4) is 0 Å². The Morgan fingerprint density at radius 3 is 2.67 bits per heavy atom. The van der Waals surface area contributed by atoms with Gasteiger partial charge in [0.15, 0.2) is 5.96 Å². The second-order valence-electron chi connectivity index (χ2n) is 2.02. The molecular weight excluding hydrogens is 154 g/mol. The summed E-state index contributed by atoms with van der Waals surface area (Å²) in [5.41, 5.74) is 10.4. The van der Waals surface area contributed by atoms with Crippen LogP contribution in [0.1, 0.15) is 6.92 Å². The Kier molecular flexibility index (Phi) is 5.42. The van der Waals surface area contributed by atoms with Crippen molar-refractivity contribution in [2.24, 2.45) is 21.5 Å². The lowest BCUT2D eigenvalue weighted by Crippen LogP contribution is -2.29. The van der Waals surface area contributed by atoms with Crippen LogP contribution in [0.3, 0.4) is 0 Å². The SMILES string of the molecule is C=CCN=C(N=C(N)N)NCC. The molecule has 0 bridgehead atoms. The first-order valence-electron chi connectivity index (χ1n) is 3.69. The van der Waals surface area contributed by atoms with E-state index < -0.39 is 0 Å². The Morgan fingerprint density at radius 2 is 2.25 bits per heavy atom. The van der Waals surface area contributed by atoms with Gasteiger partial charge < -0.3 is 16.8 Å². The molecule has 5 N–H and O–H groups in total. The van der Waals surface area contributed by atoms with Crippen LogP contribution in [-0.4, -0.2) is 25.0 Å². The molecule has 0 aliphatic heterocycles. The molecule has 0 amide bonds. The third-order valence-electron chi connectivity index (χ3n) is 0.940. The van der Waals surface area contributed by atoms with Gasteiger partial charge in [0.2, 0.25) is 5.96 Å². The zero-order chi connectivity index (χ0) is 9.40. The minimum absolute atomic E-state index is 0.00115. The number of guanidine groups is 2. The number of nitrogens with two attached hydrogens (primary N) is 2. The minimum atomic E-state index is -0.00115. The van der Waals surface area contributed by atoms with Crippen LogP contribution in [0.5, 0.6) is 0 Å². The van der Waals surface area contributed by atoms with Crippen LogP contribution in [0, 0.1) is 0 Å². The van der Waals surface area contributed by atoms with Gasteiger partial charge in [0, 0.05) is 6.54 Å². The average molecular weight is 169 g/mol. The fourth-order valence-corrected chi connectivity index (χ4v) is 0.562. The first-order chi connectivity index (χ1) is 5.70. The highest BCUT2D eigenvalue weighted by Gasteiger charge is 1.91. The maximum absolute atomic E-state index is 5.18. The van der Waals surface area contributed by atoms with Crippen molar-refractivity contribution in [1.29, 1.82) is 0 Å². The Labute approximate surface area is 72.3 Å². The molecule has 0 aliphatic carbocycles. The zero-order valence-electron chi connectivity index (χ0n) is 7.25. The molecule has 0 heterocycles. The topological polar surface area (TPSA) is 88.8 Å². The van der Waals surface area contributed by atoms with E-state index >= 15 is 0 Å². The van der Waals surface area contributed by atoms with E-state index in [0.717, 1.165) is 6.54 Å². The van der Waals surface area contributed by atoms with Crippen LogP contribution in [0.4, 0.5) is 0 Å². The van der Waals surface area contributed by atoms with Gasteiger partial charge in [-0.25, -0.2) is 4.99 Å². The molecule has 5 nitrogen and oxygen atoms in total. The van der Waals surface area contributed by atoms with Crippen LogP contribution >= 0.6 is 0 Å². The average Bonchev–Trinajstić information content (AvgIpc) is 2.00. The lowest BCUT2D eigenvalue weighted by molar-refractivity contribution is 0.942. The molecule has 0 spiro atoms. The van der Waals surface area contributed by atoms with Crippen LogP contribution in [0.25, 0.3) is 0 Å². The fraction of sp³-hybridized carbons (Fsp3) is 0.429. The molecule has 0 saturated carbocycles. The molecular formula is C7H15N5. The molecule has 68 valence electrons. The normalized spacial score (nSPS) is 10.6. The third-order valence-corrected chi connectivity index (χ3v) is 0.940. The number of hydrogen-bond acceptors (Lipinski definition) is 1. The van der Waals surface area contributed by atoms with Gasteiger partial charge in [0.25, 0.3) is 0 Å². The lowest BCUT2D eigenvalue weighted by atomic mass is 10.6. The second kappa shape index (κ2) is 6.21. The molecule has 0 fully saturated rings. The fourth-order valence-electron chi connectivity index (χ4n) is 0.562. The third kappa shape index (κ3) is 5.28. The molecule has 0 aromatic heterocycles. The number of nitrogens with one attached hydrogen (secondary N) is 1. The Balaban J connectivity index is 4.21. The standard InChI is InChI=1S/C7H15N5/c1-3-5-11-7(10-4-2)12-6(8)9/h3H,1,4-5H2,2H3,(H5,8,9,10,11,12). The van der Waals surface area contributed by atoms with E-state index in [-0.39, 0.29) is 5.96 Å². The van der Waals surface area contributed by atoms with E-state index in [0.29, 0.717) is 12.5 Å². The summed E-state index contributed by atoms with van der Waals surface area (Å²) in [6.45, 7) is 6.69. The summed E-state index contributed by atoms with van der Waals surface area (Å²) in [5.74, 6) is 0.441. The summed E-state index contributed by atoms with van der Waals surface area (Å²) in [6.07, 6.45) is 1.67. The maximum Gasteiger partial charge on any atom is 0.221 e.